The standard InChI is InChI=1S/C34H24N2O4/c1-21-11-3-9-17-29(21)39-33(37)31-23-13-5-7-15-27(23)35-19-25(31)26-20-36-28-16-8-6-14-24(28)32(26)34(38)40-30-18-10-4-12-22(30)2/h3-20H,1-2H3. The van der Waals surface area contributed by atoms with E-state index in [0.717, 1.165) is 11.1 Å². The van der Waals surface area contributed by atoms with Gasteiger partial charge in [0.05, 0.1) is 22.2 Å². The Morgan fingerprint density at radius 2 is 0.900 bits per heavy atom. The van der Waals surface area contributed by atoms with Crippen LogP contribution in [0.3, 0.4) is 0 Å². The van der Waals surface area contributed by atoms with Crippen molar-refractivity contribution in [2.24, 2.45) is 0 Å². The van der Waals surface area contributed by atoms with Crippen molar-refractivity contribution in [3.05, 3.63) is 132 Å². The fourth-order valence-electron chi connectivity index (χ4n) is 4.77. The van der Waals surface area contributed by atoms with Crippen LogP contribution in [-0.2, 0) is 0 Å². The topological polar surface area (TPSA) is 78.4 Å². The molecule has 0 fully saturated rings. The van der Waals surface area contributed by atoms with Crippen LogP contribution < -0.4 is 9.47 Å². The SMILES string of the molecule is Cc1ccccc1OC(=O)c1c(-c2cnc3ccccc3c2C(=O)Oc2ccccc2C)cnc2ccccc12. The molecule has 2 heterocycles. The molecule has 0 unspecified atom stereocenters. The summed E-state index contributed by atoms with van der Waals surface area (Å²) in [7, 11) is 0. The first kappa shape index (κ1) is 24.9. The number of esters is 2. The maximum absolute atomic E-state index is 13.9. The zero-order valence-corrected chi connectivity index (χ0v) is 21.9. The van der Waals surface area contributed by atoms with Gasteiger partial charge in [-0.05, 0) is 49.2 Å². The first-order valence-corrected chi connectivity index (χ1v) is 12.8. The third-order valence-corrected chi connectivity index (χ3v) is 6.84. The molecular weight excluding hydrogens is 500 g/mol. The van der Waals surface area contributed by atoms with Gasteiger partial charge in [-0.3, -0.25) is 9.97 Å². The average molecular weight is 525 g/mol. The fraction of sp³-hybridized carbons (Fsp3) is 0.0588. The highest BCUT2D eigenvalue weighted by atomic mass is 16.5. The number of hydrogen-bond donors (Lipinski definition) is 0. The molecule has 4 aromatic carbocycles. The van der Waals surface area contributed by atoms with E-state index in [-0.39, 0.29) is 11.1 Å². The minimum atomic E-state index is -0.561. The highest BCUT2D eigenvalue weighted by Gasteiger charge is 2.26. The second kappa shape index (κ2) is 10.4. The number of para-hydroxylation sites is 4. The van der Waals surface area contributed by atoms with Crippen LogP contribution in [-0.4, -0.2) is 21.9 Å². The minimum Gasteiger partial charge on any atom is -0.423 e. The molecule has 0 aliphatic heterocycles. The predicted octanol–water partition coefficient (Wildman–Crippen LogP) is 7.51. The lowest BCUT2D eigenvalue weighted by Crippen LogP contribution is -2.15. The average Bonchev–Trinajstić information content (AvgIpc) is 2.98. The molecule has 6 nitrogen and oxygen atoms in total. The Balaban J connectivity index is 1.58. The van der Waals surface area contributed by atoms with E-state index < -0.39 is 11.9 Å². The zero-order chi connectivity index (χ0) is 27.6. The molecule has 0 amide bonds. The highest BCUT2D eigenvalue weighted by molar-refractivity contribution is 6.15. The molecule has 0 saturated heterocycles. The monoisotopic (exact) mass is 524 g/mol. The lowest BCUT2D eigenvalue weighted by Gasteiger charge is -2.17. The summed E-state index contributed by atoms with van der Waals surface area (Å²) in [6.45, 7) is 3.75. The Morgan fingerprint density at radius 3 is 1.32 bits per heavy atom. The van der Waals surface area contributed by atoms with Gasteiger partial charge in [0.2, 0.25) is 0 Å². The van der Waals surface area contributed by atoms with E-state index >= 15 is 0 Å². The number of aryl methyl sites for hydroxylation is 2. The van der Waals surface area contributed by atoms with E-state index in [1.807, 2.05) is 98.8 Å². The van der Waals surface area contributed by atoms with Crippen molar-refractivity contribution in [2.75, 3.05) is 0 Å². The van der Waals surface area contributed by atoms with Crippen LogP contribution in [0.4, 0.5) is 0 Å². The molecule has 0 aliphatic carbocycles. The molecule has 0 aliphatic rings. The normalized spacial score (nSPS) is 10.9. The van der Waals surface area contributed by atoms with Crippen LogP contribution >= 0.6 is 0 Å². The quantitative estimate of drug-likeness (QED) is 0.172. The van der Waals surface area contributed by atoms with Gasteiger partial charge in [-0.2, -0.15) is 0 Å². The van der Waals surface area contributed by atoms with Gasteiger partial charge in [-0.15, -0.1) is 0 Å². The molecule has 0 atom stereocenters. The summed E-state index contributed by atoms with van der Waals surface area (Å²) < 4.78 is 11.8. The van der Waals surface area contributed by atoms with Crippen LogP contribution in [0.1, 0.15) is 31.8 Å². The zero-order valence-electron chi connectivity index (χ0n) is 21.9. The van der Waals surface area contributed by atoms with E-state index in [1.54, 1.807) is 24.5 Å². The molecule has 6 aromatic rings. The number of pyridine rings is 2. The van der Waals surface area contributed by atoms with Crippen molar-refractivity contribution in [2.45, 2.75) is 13.8 Å². The second-order valence-corrected chi connectivity index (χ2v) is 9.44. The summed E-state index contributed by atoms with van der Waals surface area (Å²) in [6.07, 6.45) is 3.18. The number of carbonyl (C=O) groups excluding carboxylic acids is 2. The summed E-state index contributed by atoms with van der Waals surface area (Å²) in [6, 6.07) is 29.3. The lowest BCUT2D eigenvalue weighted by molar-refractivity contribution is 0.0724. The van der Waals surface area contributed by atoms with E-state index in [2.05, 4.69) is 9.97 Å². The predicted molar refractivity (Wildman–Crippen MR) is 155 cm³/mol. The first-order chi connectivity index (χ1) is 19.5. The van der Waals surface area contributed by atoms with Crippen molar-refractivity contribution in [1.82, 2.24) is 9.97 Å². The minimum absolute atomic E-state index is 0.288. The van der Waals surface area contributed by atoms with Gasteiger partial charge in [-0.1, -0.05) is 72.8 Å². The third-order valence-electron chi connectivity index (χ3n) is 6.84. The molecular formula is C34H24N2O4. The van der Waals surface area contributed by atoms with Crippen LogP contribution in [0.5, 0.6) is 11.5 Å². The fourth-order valence-corrected chi connectivity index (χ4v) is 4.77. The van der Waals surface area contributed by atoms with Crippen molar-refractivity contribution in [1.29, 1.82) is 0 Å². The third kappa shape index (κ3) is 4.56. The first-order valence-electron chi connectivity index (χ1n) is 12.8. The molecule has 194 valence electrons. The van der Waals surface area contributed by atoms with Gasteiger partial charge >= 0.3 is 11.9 Å². The van der Waals surface area contributed by atoms with Gasteiger partial charge in [0.15, 0.2) is 0 Å². The van der Waals surface area contributed by atoms with Crippen LogP contribution in [0.25, 0.3) is 32.9 Å². The summed E-state index contributed by atoms with van der Waals surface area (Å²) >= 11 is 0. The summed E-state index contributed by atoms with van der Waals surface area (Å²) in [4.78, 5) is 37.0. The van der Waals surface area contributed by atoms with Crippen LogP contribution in [0, 0.1) is 13.8 Å². The molecule has 6 heteroatoms. The van der Waals surface area contributed by atoms with Gasteiger partial charge in [-0.25, -0.2) is 9.59 Å². The number of carbonyl (C=O) groups is 2. The Bertz CT molecular complexity index is 1790. The maximum Gasteiger partial charge on any atom is 0.344 e. The van der Waals surface area contributed by atoms with Crippen LogP contribution in [0.15, 0.2) is 109 Å². The number of rotatable bonds is 5. The van der Waals surface area contributed by atoms with E-state index in [0.29, 0.717) is 44.4 Å². The van der Waals surface area contributed by atoms with Gasteiger partial charge in [0, 0.05) is 34.3 Å². The molecule has 2 aromatic heterocycles. The molecule has 6 rings (SSSR count). The smallest absolute Gasteiger partial charge is 0.344 e. The molecule has 0 N–H and O–H groups in total. The van der Waals surface area contributed by atoms with Crippen molar-refractivity contribution in [3.63, 3.8) is 0 Å². The highest BCUT2D eigenvalue weighted by Crippen LogP contribution is 2.36. The number of ether oxygens (including phenoxy) is 2. The number of fused-ring (bicyclic) bond motifs is 2. The molecule has 40 heavy (non-hydrogen) atoms. The summed E-state index contributed by atoms with van der Waals surface area (Å²) in [5, 5.41) is 1.20. The van der Waals surface area contributed by atoms with Gasteiger partial charge < -0.3 is 9.47 Å². The van der Waals surface area contributed by atoms with Crippen molar-refractivity contribution >= 4 is 33.7 Å². The van der Waals surface area contributed by atoms with Crippen LogP contribution in [0.2, 0.25) is 0 Å². The molecule has 0 saturated carbocycles. The lowest BCUT2D eigenvalue weighted by atomic mass is 9.93. The number of benzene rings is 4. The Kier molecular flexibility index (Phi) is 6.50. The maximum atomic E-state index is 13.9. The Morgan fingerprint density at radius 1 is 0.525 bits per heavy atom. The van der Waals surface area contributed by atoms with Gasteiger partial charge in [0.1, 0.15) is 11.5 Å². The number of nitrogens with zero attached hydrogens (tertiary/aromatic N) is 2. The number of hydrogen-bond acceptors (Lipinski definition) is 6. The summed E-state index contributed by atoms with van der Waals surface area (Å²) in [5.41, 5.74) is 4.32. The van der Waals surface area contributed by atoms with E-state index in [9.17, 15) is 9.59 Å². The Hall–Kier alpha value is -5.36. The summed E-state index contributed by atoms with van der Waals surface area (Å²) in [5.74, 6) is -0.214. The van der Waals surface area contributed by atoms with Crippen molar-refractivity contribution in [3.8, 4) is 22.6 Å². The largest absolute Gasteiger partial charge is 0.423 e. The van der Waals surface area contributed by atoms with E-state index in [1.165, 1.54) is 0 Å². The number of aromatic nitrogens is 2. The second-order valence-electron chi connectivity index (χ2n) is 9.44. The van der Waals surface area contributed by atoms with Gasteiger partial charge in [0.25, 0.3) is 0 Å². The Labute approximate surface area is 230 Å². The molecule has 0 bridgehead atoms. The van der Waals surface area contributed by atoms with Crippen molar-refractivity contribution < 1.29 is 19.1 Å². The molecule has 0 radical (unpaired) electrons. The van der Waals surface area contributed by atoms with E-state index in [4.69, 9.17) is 9.47 Å². The molecule has 0 spiro atoms.